The first-order chi connectivity index (χ1) is 7.48. The minimum Gasteiger partial charge on any atom is -0.327 e. The second kappa shape index (κ2) is 5.24. The number of nitrogens with zero attached hydrogens (tertiary/aromatic N) is 2. The van der Waals surface area contributed by atoms with Crippen LogP contribution in [0.5, 0.6) is 0 Å². The van der Waals surface area contributed by atoms with Gasteiger partial charge in [0, 0.05) is 25.0 Å². The molecule has 96 valence electrons. The zero-order chi connectivity index (χ0) is 11.8. The van der Waals surface area contributed by atoms with Crippen LogP contribution in [0.4, 0.5) is 8.78 Å². The third kappa shape index (κ3) is 3.34. The van der Waals surface area contributed by atoms with Gasteiger partial charge in [0.05, 0.1) is 12.6 Å². The van der Waals surface area contributed by atoms with Crippen LogP contribution in [0.25, 0.3) is 0 Å². The van der Waals surface area contributed by atoms with E-state index in [2.05, 4.69) is 10.3 Å². The van der Waals surface area contributed by atoms with Crippen molar-refractivity contribution in [1.82, 2.24) is 9.88 Å². The van der Waals surface area contributed by atoms with Crippen molar-refractivity contribution in [1.29, 1.82) is 0 Å². The van der Waals surface area contributed by atoms with Gasteiger partial charge in [-0.25, -0.2) is 8.78 Å². The van der Waals surface area contributed by atoms with Crippen molar-refractivity contribution >= 4 is 29.7 Å². The highest BCUT2D eigenvalue weighted by atomic mass is 35.5. The Morgan fingerprint density at radius 3 is 2.88 bits per heavy atom. The van der Waals surface area contributed by atoms with Crippen molar-refractivity contribution < 1.29 is 13.6 Å². The van der Waals surface area contributed by atoms with Crippen LogP contribution >= 0.6 is 23.7 Å². The lowest BCUT2D eigenvalue weighted by Gasteiger charge is -2.05. The Balaban J connectivity index is 0.00000144. The molecule has 2 heterocycles. The standard InChI is InChI=1S/C9H11F2N3OS.ClH/c1-14-2-3-16-8(14)13-7(15)6-4-9(10,11)5-12-6;/h2-3,6,12H,4-5H2,1H3;1H. The molecule has 1 atom stereocenters. The minimum absolute atomic E-state index is 0. The minimum atomic E-state index is -2.80. The van der Waals surface area contributed by atoms with Crippen molar-refractivity contribution in [2.75, 3.05) is 6.54 Å². The number of aromatic nitrogens is 1. The molecule has 2 rings (SSSR count). The van der Waals surface area contributed by atoms with Crippen LogP contribution < -0.4 is 10.1 Å². The predicted octanol–water partition coefficient (Wildman–Crippen LogP) is 0.933. The van der Waals surface area contributed by atoms with Gasteiger partial charge in [0.25, 0.3) is 11.8 Å². The van der Waals surface area contributed by atoms with Crippen molar-refractivity contribution in [3.8, 4) is 0 Å². The monoisotopic (exact) mass is 283 g/mol. The van der Waals surface area contributed by atoms with E-state index in [1.165, 1.54) is 11.3 Å². The zero-order valence-corrected chi connectivity index (χ0v) is 10.7. The number of rotatable bonds is 1. The van der Waals surface area contributed by atoms with E-state index in [-0.39, 0.29) is 12.4 Å². The maximum atomic E-state index is 12.9. The molecule has 1 fully saturated rings. The Labute approximate surface area is 107 Å². The van der Waals surface area contributed by atoms with Gasteiger partial charge in [-0.3, -0.25) is 10.1 Å². The lowest BCUT2D eigenvalue weighted by Crippen LogP contribution is -2.31. The molecule has 1 aliphatic rings. The third-order valence-electron chi connectivity index (χ3n) is 2.37. The number of carbonyl (C=O) groups excluding carboxylic acids is 1. The number of aryl methyl sites for hydroxylation is 1. The van der Waals surface area contributed by atoms with E-state index in [0.29, 0.717) is 4.80 Å². The normalized spacial score (nSPS) is 23.5. The van der Waals surface area contributed by atoms with Gasteiger partial charge in [0.1, 0.15) is 0 Å². The number of thiazole rings is 1. The summed E-state index contributed by atoms with van der Waals surface area (Å²) in [5, 5.41) is 4.26. The fourth-order valence-corrected chi connectivity index (χ4v) is 2.23. The van der Waals surface area contributed by atoms with Crippen LogP contribution in [-0.4, -0.2) is 29.0 Å². The number of carbonyl (C=O) groups is 1. The molecule has 4 nitrogen and oxygen atoms in total. The average molecular weight is 284 g/mol. The second-order valence-corrected chi connectivity index (χ2v) is 4.61. The Bertz CT molecular complexity index is 471. The number of hydrogen-bond donors (Lipinski definition) is 1. The Hall–Kier alpha value is -0.790. The molecule has 0 radical (unpaired) electrons. The Morgan fingerprint density at radius 2 is 2.41 bits per heavy atom. The SMILES string of the molecule is Cl.Cn1ccsc1=NC(=O)C1CC(F)(F)CN1. The highest BCUT2D eigenvalue weighted by Gasteiger charge is 2.42. The summed E-state index contributed by atoms with van der Waals surface area (Å²) in [5.41, 5.74) is 0. The fourth-order valence-electron chi connectivity index (χ4n) is 1.50. The molecule has 0 aromatic carbocycles. The maximum absolute atomic E-state index is 12.9. The number of amides is 1. The number of alkyl halides is 2. The van der Waals surface area contributed by atoms with Crippen molar-refractivity contribution in [2.24, 2.45) is 12.0 Å². The molecule has 1 saturated heterocycles. The van der Waals surface area contributed by atoms with Gasteiger partial charge in [-0.2, -0.15) is 4.99 Å². The van der Waals surface area contributed by atoms with Crippen LogP contribution in [0.15, 0.2) is 16.6 Å². The molecule has 0 spiro atoms. The quantitative estimate of drug-likeness (QED) is 0.834. The molecule has 1 aliphatic heterocycles. The smallest absolute Gasteiger partial charge is 0.265 e. The molecule has 1 aromatic rings. The van der Waals surface area contributed by atoms with Gasteiger partial charge >= 0.3 is 0 Å². The van der Waals surface area contributed by atoms with Crippen molar-refractivity contribution in [3.63, 3.8) is 0 Å². The van der Waals surface area contributed by atoms with Crippen LogP contribution in [0, 0.1) is 0 Å². The Morgan fingerprint density at radius 1 is 1.71 bits per heavy atom. The van der Waals surface area contributed by atoms with E-state index in [1.54, 1.807) is 23.2 Å². The van der Waals surface area contributed by atoms with Crippen LogP contribution in [0.2, 0.25) is 0 Å². The van der Waals surface area contributed by atoms with Gasteiger partial charge in [-0.15, -0.1) is 23.7 Å². The summed E-state index contributed by atoms with van der Waals surface area (Å²) in [4.78, 5) is 15.9. The second-order valence-electron chi connectivity index (χ2n) is 3.74. The van der Waals surface area contributed by atoms with Crippen molar-refractivity contribution in [2.45, 2.75) is 18.4 Å². The highest BCUT2D eigenvalue weighted by Crippen LogP contribution is 2.25. The number of hydrogen-bond acceptors (Lipinski definition) is 3. The van der Waals surface area contributed by atoms with Gasteiger partial charge in [0.15, 0.2) is 4.80 Å². The molecule has 1 unspecified atom stereocenters. The van der Waals surface area contributed by atoms with Gasteiger partial charge in [-0.1, -0.05) is 0 Å². The van der Waals surface area contributed by atoms with Gasteiger partial charge < -0.3 is 4.57 Å². The van der Waals surface area contributed by atoms with Crippen LogP contribution in [0.1, 0.15) is 6.42 Å². The molecule has 0 saturated carbocycles. The fraction of sp³-hybridized carbons (Fsp3) is 0.556. The first-order valence-corrected chi connectivity index (χ1v) is 5.66. The van der Waals surface area contributed by atoms with E-state index in [1.807, 2.05) is 0 Å². The van der Waals surface area contributed by atoms with Crippen LogP contribution in [-0.2, 0) is 11.8 Å². The first-order valence-electron chi connectivity index (χ1n) is 4.78. The summed E-state index contributed by atoms with van der Waals surface area (Å²) in [6.07, 6.45) is 1.29. The largest absolute Gasteiger partial charge is 0.327 e. The first kappa shape index (κ1) is 14.3. The highest BCUT2D eigenvalue weighted by molar-refractivity contribution is 7.07. The van der Waals surface area contributed by atoms with E-state index >= 15 is 0 Å². The van der Waals surface area contributed by atoms with E-state index in [4.69, 9.17) is 0 Å². The average Bonchev–Trinajstić information content (AvgIpc) is 2.74. The van der Waals surface area contributed by atoms with E-state index in [9.17, 15) is 13.6 Å². The molecule has 17 heavy (non-hydrogen) atoms. The summed E-state index contributed by atoms with van der Waals surface area (Å²) in [7, 11) is 1.75. The van der Waals surface area contributed by atoms with Gasteiger partial charge in [-0.05, 0) is 0 Å². The summed E-state index contributed by atoms with van der Waals surface area (Å²) in [5.74, 6) is -3.33. The zero-order valence-electron chi connectivity index (χ0n) is 9.02. The Kier molecular flexibility index (Phi) is 4.40. The number of halogens is 3. The number of nitrogens with one attached hydrogen (secondary N) is 1. The predicted molar refractivity (Wildman–Crippen MR) is 62.5 cm³/mol. The molecular formula is C9H12ClF2N3OS. The lowest BCUT2D eigenvalue weighted by molar-refractivity contribution is -0.120. The van der Waals surface area contributed by atoms with E-state index in [0.717, 1.165) is 0 Å². The van der Waals surface area contributed by atoms with Crippen molar-refractivity contribution in [3.05, 3.63) is 16.4 Å². The summed E-state index contributed by atoms with van der Waals surface area (Å²) in [6.45, 7) is -0.449. The molecule has 0 aliphatic carbocycles. The van der Waals surface area contributed by atoms with Crippen LogP contribution in [0.3, 0.4) is 0 Å². The lowest BCUT2D eigenvalue weighted by atomic mass is 10.2. The molecule has 1 N–H and O–H groups in total. The summed E-state index contributed by atoms with van der Waals surface area (Å²) >= 11 is 1.30. The molecule has 1 aromatic heterocycles. The molecular weight excluding hydrogens is 272 g/mol. The summed E-state index contributed by atoms with van der Waals surface area (Å²) in [6, 6.07) is -0.864. The molecule has 1 amide bonds. The molecule has 0 bridgehead atoms. The summed E-state index contributed by atoms with van der Waals surface area (Å²) < 4.78 is 27.4. The topological polar surface area (TPSA) is 46.4 Å². The third-order valence-corrected chi connectivity index (χ3v) is 3.22. The maximum Gasteiger partial charge on any atom is 0.265 e. The van der Waals surface area contributed by atoms with E-state index < -0.39 is 30.8 Å². The molecule has 8 heteroatoms. The van der Waals surface area contributed by atoms with Gasteiger partial charge in [0.2, 0.25) is 0 Å².